The standard InChI is InChI=1S/C15H17N3O5S/c16-13-7-4-8-14(15(13)18(20)21)24(22,23)17(9-10-19)11-12-5-2-1-3-6-12/h1-8,19H,9-11,16H2. The molecule has 128 valence electrons. The molecule has 0 radical (unpaired) electrons. The van der Waals surface area contributed by atoms with E-state index in [-0.39, 0.29) is 18.8 Å². The van der Waals surface area contributed by atoms with Crippen LogP contribution in [0.1, 0.15) is 5.56 Å². The van der Waals surface area contributed by atoms with Crippen molar-refractivity contribution in [3.63, 3.8) is 0 Å². The minimum atomic E-state index is -4.21. The highest BCUT2D eigenvalue weighted by Crippen LogP contribution is 2.32. The molecule has 0 aliphatic carbocycles. The largest absolute Gasteiger partial charge is 0.395 e. The highest BCUT2D eigenvalue weighted by Gasteiger charge is 2.33. The van der Waals surface area contributed by atoms with E-state index in [9.17, 15) is 23.6 Å². The molecule has 24 heavy (non-hydrogen) atoms. The number of anilines is 1. The Bertz CT molecular complexity index is 824. The molecule has 0 saturated carbocycles. The van der Waals surface area contributed by atoms with Crippen molar-refractivity contribution in [3.8, 4) is 0 Å². The van der Waals surface area contributed by atoms with Gasteiger partial charge in [-0.15, -0.1) is 0 Å². The molecule has 0 unspecified atom stereocenters. The van der Waals surface area contributed by atoms with E-state index in [1.165, 1.54) is 12.1 Å². The molecule has 0 aliphatic heterocycles. The van der Waals surface area contributed by atoms with Gasteiger partial charge in [0, 0.05) is 13.1 Å². The van der Waals surface area contributed by atoms with E-state index < -0.39 is 32.1 Å². The maximum atomic E-state index is 12.9. The molecule has 0 fully saturated rings. The molecule has 0 spiro atoms. The van der Waals surface area contributed by atoms with Crippen LogP contribution < -0.4 is 5.73 Å². The van der Waals surface area contributed by atoms with Crippen molar-refractivity contribution in [1.82, 2.24) is 4.31 Å². The van der Waals surface area contributed by atoms with Gasteiger partial charge in [0.1, 0.15) is 5.69 Å². The number of nitrogens with two attached hydrogens (primary N) is 1. The number of nitrogens with zero attached hydrogens (tertiary/aromatic N) is 2. The molecule has 0 saturated heterocycles. The number of nitrogen functional groups attached to an aromatic ring is 1. The van der Waals surface area contributed by atoms with Gasteiger partial charge in [-0.25, -0.2) is 8.42 Å². The van der Waals surface area contributed by atoms with E-state index in [1.807, 2.05) is 0 Å². The Morgan fingerprint density at radius 2 is 1.79 bits per heavy atom. The molecule has 8 nitrogen and oxygen atoms in total. The lowest BCUT2D eigenvalue weighted by molar-refractivity contribution is -0.386. The molecule has 0 amide bonds. The second-order valence-corrected chi connectivity index (χ2v) is 6.91. The average Bonchev–Trinajstić information content (AvgIpc) is 2.54. The van der Waals surface area contributed by atoms with Crippen molar-refractivity contribution >= 4 is 21.4 Å². The van der Waals surface area contributed by atoms with Crippen molar-refractivity contribution in [3.05, 3.63) is 64.2 Å². The summed E-state index contributed by atoms with van der Waals surface area (Å²) in [6, 6.07) is 12.5. The number of rotatable bonds is 7. The zero-order valence-corrected chi connectivity index (χ0v) is 13.5. The van der Waals surface area contributed by atoms with Crippen LogP contribution in [0.3, 0.4) is 0 Å². The van der Waals surface area contributed by atoms with Crippen LogP contribution >= 0.6 is 0 Å². The Balaban J connectivity index is 2.50. The first-order valence-electron chi connectivity index (χ1n) is 7.05. The van der Waals surface area contributed by atoms with E-state index in [2.05, 4.69) is 0 Å². The normalized spacial score (nSPS) is 11.6. The molecule has 0 atom stereocenters. The van der Waals surface area contributed by atoms with Gasteiger partial charge < -0.3 is 10.8 Å². The van der Waals surface area contributed by atoms with Gasteiger partial charge in [-0.1, -0.05) is 36.4 Å². The molecule has 2 aromatic carbocycles. The molecule has 0 aromatic heterocycles. The second-order valence-electron chi connectivity index (χ2n) is 5.00. The lowest BCUT2D eigenvalue weighted by atomic mass is 10.2. The minimum Gasteiger partial charge on any atom is -0.395 e. The third-order valence-corrected chi connectivity index (χ3v) is 5.26. The van der Waals surface area contributed by atoms with Gasteiger partial charge in [-0.2, -0.15) is 4.31 Å². The topological polar surface area (TPSA) is 127 Å². The number of nitro groups is 1. The summed E-state index contributed by atoms with van der Waals surface area (Å²) in [7, 11) is -4.21. The number of aliphatic hydroxyl groups excluding tert-OH is 1. The average molecular weight is 351 g/mol. The van der Waals surface area contributed by atoms with Crippen molar-refractivity contribution in [1.29, 1.82) is 0 Å². The number of hydrogen-bond acceptors (Lipinski definition) is 6. The van der Waals surface area contributed by atoms with E-state index >= 15 is 0 Å². The zero-order chi connectivity index (χ0) is 17.7. The monoisotopic (exact) mass is 351 g/mol. The van der Waals surface area contributed by atoms with E-state index in [0.717, 1.165) is 10.4 Å². The molecule has 0 bridgehead atoms. The fraction of sp³-hybridized carbons (Fsp3) is 0.200. The van der Waals surface area contributed by atoms with Gasteiger partial charge >= 0.3 is 5.69 Å². The van der Waals surface area contributed by atoms with Crippen LogP contribution in [0, 0.1) is 10.1 Å². The summed E-state index contributed by atoms with van der Waals surface area (Å²) in [4.78, 5) is 9.91. The van der Waals surface area contributed by atoms with Crippen molar-refractivity contribution in [2.45, 2.75) is 11.4 Å². The predicted octanol–water partition coefficient (Wildman–Crippen LogP) is 1.36. The highest BCUT2D eigenvalue weighted by atomic mass is 32.2. The molecule has 0 heterocycles. The van der Waals surface area contributed by atoms with Gasteiger partial charge in [-0.05, 0) is 17.7 Å². The molecule has 0 aliphatic rings. The van der Waals surface area contributed by atoms with E-state index in [0.29, 0.717) is 5.56 Å². The Morgan fingerprint density at radius 3 is 2.38 bits per heavy atom. The second kappa shape index (κ2) is 7.39. The number of benzene rings is 2. The Kier molecular flexibility index (Phi) is 5.50. The Labute approximate surface area is 139 Å². The summed E-state index contributed by atoms with van der Waals surface area (Å²) in [5.41, 5.74) is 5.38. The van der Waals surface area contributed by atoms with Crippen molar-refractivity contribution < 1.29 is 18.4 Å². The van der Waals surface area contributed by atoms with Gasteiger partial charge in [0.2, 0.25) is 10.0 Å². The smallest absolute Gasteiger partial charge is 0.312 e. The van der Waals surface area contributed by atoms with Gasteiger partial charge in [-0.3, -0.25) is 10.1 Å². The van der Waals surface area contributed by atoms with E-state index in [1.54, 1.807) is 30.3 Å². The molecule has 9 heteroatoms. The first-order valence-corrected chi connectivity index (χ1v) is 8.49. The van der Waals surface area contributed by atoms with Crippen LogP contribution in [0.5, 0.6) is 0 Å². The maximum absolute atomic E-state index is 12.9. The van der Waals surface area contributed by atoms with Crippen LogP contribution in [0.15, 0.2) is 53.4 Å². The predicted molar refractivity (Wildman–Crippen MR) is 88.6 cm³/mol. The van der Waals surface area contributed by atoms with Crippen LogP contribution in [0.25, 0.3) is 0 Å². The van der Waals surface area contributed by atoms with Crippen LogP contribution in [-0.4, -0.2) is 35.9 Å². The number of nitro benzene ring substituents is 1. The first-order chi connectivity index (χ1) is 11.4. The lowest BCUT2D eigenvalue weighted by Crippen LogP contribution is -2.33. The zero-order valence-electron chi connectivity index (χ0n) is 12.7. The molecular weight excluding hydrogens is 334 g/mol. The lowest BCUT2D eigenvalue weighted by Gasteiger charge is -2.21. The van der Waals surface area contributed by atoms with E-state index in [4.69, 9.17) is 5.73 Å². The van der Waals surface area contributed by atoms with Crippen molar-refractivity contribution in [2.24, 2.45) is 0 Å². The summed E-state index contributed by atoms with van der Waals surface area (Å²) in [6.07, 6.45) is 0. The number of para-hydroxylation sites is 1. The summed E-state index contributed by atoms with van der Waals surface area (Å²) < 4.78 is 26.7. The van der Waals surface area contributed by atoms with Gasteiger partial charge in [0.25, 0.3) is 0 Å². The molecule has 2 aromatic rings. The molecular formula is C15H17N3O5S. The number of sulfonamides is 1. The fourth-order valence-electron chi connectivity index (χ4n) is 2.26. The number of aliphatic hydroxyl groups is 1. The van der Waals surface area contributed by atoms with Crippen LogP contribution in [0.4, 0.5) is 11.4 Å². The quantitative estimate of drug-likeness (QED) is 0.440. The fourth-order valence-corrected chi connectivity index (χ4v) is 3.87. The number of hydrogen-bond donors (Lipinski definition) is 2. The molecule has 3 N–H and O–H groups in total. The molecule has 2 rings (SSSR count). The summed E-state index contributed by atoms with van der Waals surface area (Å²) in [5, 5.41) is 20.4. The Morgan fingerprint density at radius 1 is 1.12 bits per heavy atom. The Hall–Kier alpha value is -2.49. The third kappa shape index (κ3) is 3.70. The van der Waals surface area contributed by atoms with Gasteiger partial charge in [0.15, 0.2) is 4.90 Å². The first kappa shape index (κ1) is 17.9. The van der Waals surface area contributed by atoms with Gasteiger partial charge in [0.05, 0.1) is 11.5 Å². The van der Waals surface area contributed by atoms with Crippen LogP contribution in [0.2, 0.25) is 0 Å². The highest BCUT2D eigenvalue weighted by molar-refractivity contribution is 7.89. The van der Waals surface area contributed by atoms with Crippen molar-refractivity contribution in [2.75, 3.05) is 18.9 Å². The summed E-state index contributed by atoms with van der Waals surface area (Å²) >= 11 is 0. The third-order valence-electron chi connectivity index (χ3n) is 3.38. The SMILES string of the molecule is Nc1cccc(S(=O)(=O)N(CCO)Cc2ccccc2)c1[N+](=O)[O-]. The maximum Gasteiger partial charge on any atom is 0.312 e. The summed E-state index contributed by atoms with van der Waals surface area (Å²) in [5.74, 6) is 0. The minimum absolute atomic E-state index is 0.0182. The summed E-state index contributed by atoms with van der Waals surface area (Å²) in [6.45, 7) is -0.624. The van der Waals surface area contributed by atoms with Crippen LogP contribution in [-0.2, 0) is 16.6 Å².